The second-order valence-electron chi connectivity index (χ2n) is 8.32. The molecule has 4 rings (SSSR count). The monoisotopic (exact) mass is 459 g/mol. The van der Waals surface area contributed by atoms with Crippen LogP contribution in [0.5, 0.6) is 0 Å². The molecule has 9 heteroatoms. The number of amides is 3. The molecular weight excluding hydrogens is 434 g/mol. The highest BCUT2D eigenvalue weighted by molar-refractivity contribution is 5.97. The minimum absolute atomic E-state index is 0.0520. The van der Waals surface area contributed by atoms with Crippen molar-refractivity contribution < 1.29 is 14.1 Å². The molecule has 3 N–H and O–H groups in total. The first-order chi connectivity index (χ1) is 16.4. The Morgan fingerprint density at radius 1 is 1.15 bits per heavy atom. The molecule has 3 aromatic rings. The lowest BCUT2D eigenvalue weighted by Crippen LogP contribution is -2.38. The van der Waals surface area contributed by atoms with Crippen molar-refractivity contribution in [3.05, 3.63) is 86.9 Å². The minimum atomic E-state index is -0.472. The average molecular weight is 460 g/mol. The molecule has 1 aromatic heterocycles. The first-order valence-electron chi connectivity index (χ1n) is 11.0. The zero-order valence-electron chi connectivity index (χ0n) is 18.8. The summed E-state index contributed by atoms with van der Waals surface area (Å²) in [6, 6.07) is 15.8. The first-order valence-corrected chi connectivity index (χ1v) is 11.0. The van der Waals surface area contributed by atoms with Crippen LogP contribution in [0.4, 0.5) is 10.5 Å². The van der Waals surface area contributed by atoms with Crippen molar-refractivity contribution in [2.45, 2.75) is 32.2 Å². The third kappa shape index (κ3) is 5.35. The molecule has 2 heterocycles. The van der Waals surface area contributed by atoms with Crippen molar-refractivity contribution in [3.8, 4) is 6.07 Å². The molecule has 1 saturated heterocycles. The van der Waals surface area contributed by atoms with Crippen LogP contribution in [0.15, 0.2) is 57.8 Å². The third-order valence-electron chi connectivity index (χ3n) is 6.02. The molecule has 1 aliphatic rings. The second kappa shape index (κ2) is 10.1. The lowest BCUT2D eigenvalue weighted by Gasteiger charge is -2.32. The summed E-state index contributed by atoms with van der Waals surface area (Å²) in [7, 11) is 0. The molecule has 0 radical (unpaired) electrons. The number of nitriles is 1. The molecule has 1 fully saturated rings. The maximum Gasteiger partial charge on any atom is 0.319 e. The van der Waals surface area contributed by atoms with Crippen molar-refractivity contribution in [2.75, 3.05) is 18.4 Å². The average Bonchev–Trinajstić information content (AvgIpc) is 3.29. The largest absolute Gasteiger partial charge is 0.382 e. The topological polar surface area (TPSA) is 131 Å². The van der Waals surface area contributed by atoms with Gasteiger partial charge in [0, 0.05) is 30.4 Å². The van der Waals surface area contributed by atoms with E-state index in [1.807, 2.05) is 36.1 Å². The van der Waals surface area contributed by atoms with Gasteiger partial charge in [-0.05, 0) is 61.1 Å². The Kier molecular flexibility index (Phi) is 6.78. The number of rotatable bonds is 5. The van der Waals surface area contributed by atoms with Crippen LogP contribution in [-0.4, -0.2) is 35.1 Å². The van der Waals surface area contributed by atoms with Gasteiger partial charge in [-0.3, -0.25) is 9.59 Å². The number of urea groups is 1. The smallest absolute Gasteiger partial charge is 0.319 e. The van der Waals surface area contributed by atoms with Crippen LogP contribution in [0, 0.1) is 18.3 Å². The fourth-order valence-corrected chi connectivity index (χ4v) is 4.06. The zero-order chi connectivity index (χ0) is 24.1. The molecule has 0 aliphatic carbocycles. The minimum Gasteiger partial charge on any atom is -0.382 e. The number of likely N-dealkylation sites (tertiary alicyclic amines) is 1. The number of anilines is 1. The number of nitrogens with zero attached hydrogens (tertiary/aromatic N) is 2. The molecule has 0 saturated carbocycles. The molecule has 0 unspecified atom stereocenters. The molecule has 0 bridgehead atoms. The summed E-state index contributed by atoms with van der Waals surface area (Å²) in [5.41, 5.74) is 3.32. The van der Waals surface area contributed by atoms with Gasteiger partial charge in [0.1, 0.15) is 0 Å². The maximum atomic E-state index is 13.1. The van der Waals surface area contributed by atoms with Crippen LogP contribution in [0.25, 0.3) is 0 Å². The quantitative estimate of drug-likeness (QED) is 0.537. The summed E-state index contributed by atoms with van der Waals surface area (Å²) in [5, 5.41) is 16.5. The van der Waals surface area contributed by atoms with E-state index >= 15 is 0 Å². The van der Waals surface area contributed by atoms with E-state index in [2.05, 4.69) is 21.9 Å². The SMILES string of the molecule is Cc1ccc(C(=O)N2CCC(c3ccc(C#N)cc3)CC2)cc1NC(=O)NCc1cc(=O)[nH]o1. The Balaban J connectivity index is 1.35. The number of aromatic amines is 1. The van der Waals surface area contributed by atoms with E-state index < -0.39 is 6.03 Å². The third-order valence-corrected chi connectivity index (χ3v) is 6.02. The van der Waals surface area contributed by atoms with Crippen molar-refractivity contribution in [1.82, 2.24) is 15.4 Å². The zero-order valence-corrected chi connectivity index (χ0v) is 18.8. The van der Waals surface area contributed by atoms with Gasteiger partial charge in [-0.15, -0.1) is 0 Å². The number of aryl methyl sites for hydroxylation is 1. The number of H-pyrrole nitrogens is 1. The van der Waals surface area contributed by atoms with Gasteiger partial charge in [0.15, 0.2) is 5.76 Å². The number of aromatic nitrogens is 1. The highest BCUT2D eigenvalue weighted by atomic mass is 16.5. The molecule has 174 valence electrons. The molecule has 0 spiro atoms. The van der Waals surface area contributed by atoms with E-state index in [1.165, 1.54) is 11.6 Å². The van der Waals surface area contributed by atoms with Gasteiger partial charge < -0.3 is 20.1 Å². The predicted octanol–water partition coefficient (Wildman–Crippen LogP) is 3.49. The van der Waals surface area contributed by atoms with Crippen molar-refractivity contribution in [3.63, 3.8) is 0 Å². The summed E-state index contributed by atoms with van der Waals surface area (Å²) in [4.78, 5) is 38.3. The van der Waals surface area contributed by atoms with Gasteiger partial charge in [0.2, 0.25) is 0 Å². The molecule has 34 heavy (non-hydrogen) atoms. The van der Waals surface area contributed by atoms with E-state index in [9.17, 15) is 14.4 Å². The summed E-state index contributed by atoms with van der Waals surface area (Å²) in [6.45, 7) is 3.18. The Morgan fingerprint density at radius 3 is 2.53 bits per heavy atom. The van der Waals surface area contributed by atoms with E-state index in [4.69, 9.17) is 9.78 Å². The number of hydrogen-bond acceptors (Lipinski definition) is 5. The van der Waals surface area contributed by atoms with Crippen LogP contribution < -0.4 is 16.2 Å². The lowest BCUT2D eigenvalue weighted by molar-refractivity contribution is 0.0713. The normalized spacial score (nSPS) is 13.8. The maximum absolute atomic E-state index is 13.1. The van der Waals surface area contributed by atoms with Crippen LogP contribution in [0.3, 0.4) is 0 Å². The Labute approximate surface area is 196 Å². The van der Waals surface area contributed by atoms with Gasteiger partial charge in [0.05, 0.1) is 18.2 Å². The molecule has 2 aromatic carbocycles. The Bertz CT molecular complexity index is 1280. The summed E-state index contributed by atoms with van der Waals surface area (Å²) < 4.78 is 4.91. The lowest BCUT2D eigenvalue weighted by atomic mass is 9.89. The Morgan fingerprint density at radius 2 is 1.88 bits per heavy atom. The van der Waals surface area contributed by atoms with Crippen LogP contribution >= 0.6 is 0 Å². The van der Waals surface area contributed by atoms with Gasteiger partial charge in [-0.25, -0.2) is 4.79 Å². The number of benzene rings is 2. The summed E-state index contributed by atoms with van der Waals surface area (Å²) in [5.74, 6) is 0.598. The highest BCUT2D eigenvalue weighted by Crippen LogP contribution is 2.29. The highest BCUT2D eigenvalue weighted by Gasteiger charge is 2.25. The fraction of sp³-hybridized carbons (Fsp3) is 0.280. The summed E-state index contributed by atoms with van der Waals surface area (Å²) in [6.07, 6.45) is 1.71. The van der Waals surface area contributed by atoms with E-state index in [0.29, 0.717) is 41.6 Å². The van der Waals surface area contributed by atoms with Crippen LogP contribution in [0.1, 0.15) is 51.6 Å². The molecule has 3 amide bonds. The van der Waals surface area contributed by atoms with Crippen LogP contribution in [-0.2, 0) is 6.54 Å². The molecule has 0 atom stereocenters. The standard InChI is InChI=1S/C25H25N5O4/c1-16-2-5-20(12-22(16)28-25(33)27-15-21-13-23(31)29-34-21)24(32)30-10-8-19(9-11-30)18-6-3-17(14-26)4-7-18/h2-7,12-13,19H,8-11,15H2,1H3,(H,29,31)(H2,27,28,33). The predicted molar refractivity (Wildman–Crippen MR) is 125 cm³/mol. The van der Waals surface area contributed by atoms with Crippen LogP contribution in [0.2, 0.25) is 0 Å². The van der Waals surface area contributed by atoms with Gasteiger partial charge in [-0.1, -0.05) is 18.2 Å². The Hall–Kier alpha value is -4.32. The second-order valence-corrected chi connectivity index (χ2v) is 8.32. The van der Waals surface area contributed by atoms with E-state index in [1.54, 1.807) is 18.2 Å². The summed E-state index contributed by atoms with van der Waals surface area (Å²) >= 11 is 0. The molecule has 1 aliphatic heterocycles. The number of hydrogen-bond donors (Lipinski definition) is 3. The van der Waals surface area contributed by atoms with Crippen molar-refractivity contribution in [1.29, 1.82) is 5.26 Å². The number of carbonyl (C=O) groups is 2. The van der Waals surface area contributed by atoms with Gasteiger partial charge in [0.25, 0.3) is 11.5 Å². The molecular formula is C25H25N5O4. The number of piperidine rings is 1. The first kappa shape index (κ1) is 22.9. The fourth-order valence-electron chi connectivity index (χ4n) is 4.06. The van der Waals surface area contributed by atoms with Crippen molar-refractivity contribution in [2.24, 2.45) is 0 Å². The molecule has 9 nitrogen and oxygen atoms in total. The van der Waals surface area contributed by atoms with Crippen molar-refractivity contribution >= 4 is 17.6 Å². The van der Waals surface area contributed by atoms with E-state index in [-0.39, 0.29) is 18.0 Å². The van der Waals surface area contributed by atoms with E-state index in [0.717, 1.165) is 18.4 Å². The van der Waals surface area contributed by atoms with Gasteiger partial charge in [-0.2, -0.15) is 10.4 Å². The van der Waals surface area contributed by atoms with Gasteiger partial charge >= 0.3 is 6.03 Å². The number of carbonyl (C=O) groups excluding carboxylic acids is 2. The number of nitrogens with one attached hydrogen (secondary N) is 3.